The Morgan fingerprint density at radius 2 is 2.11 bits per heavy atom. The predicted octanol–water partition coefficient (Wildman–Crippen LogP) is -0.0274. The lowest BCUT2D eigenvalue weighted by atomic mass is 10.3. The number of hydrogen-bond acceptors (Lipinski definition) is 2. The molecular formula is C5H11NO3. The van der Waals surface area contributed by atoms with Crippen LogP contribution in [0.2, 0.25) is 0 Å². The first-order valence-corrected chi connectivity index (χ1v) is 2.55. The Bertz CT molecular complexity index is 82.3. The molecule has 54 valence electrons. The van der Waals surface area contributed by atoms with Gasteiger partial charge in [-0.2, -0.15) is 0 Å². The van der Waals surface area contributed by atoms with Crippen molar-refractivity contribution in [3.8, 4) is 0 Å². The predicted molar refractivity (Wildman–Crippen MR) is 32.8 cm³/mol. The molecule has 0 bridgehead atoms. The lowest BCUT2D eigenvalue weighted by Crippen LogP contribution is -2.08. The Labute approximate surface area is 53.7 Å². The Balaban J connectivity index is 0. The average molecular weight is 133 g/mol. The van der Waals surface area contributed by atoms with E-state index in [0.717, 1.165) is 6.42 Å². The lowest BCUT2D eigenvalue weighted by molar-refractivity contribution is -0.123. The fourth-order valence-electron chi connectivity index (χ4n) is 0.246. The zero-order valence-corrected chi connectivity index (χ0v) is 5.33. The summed E-state index contributed by atoms with van der Waals surface area (Å²) in [5, 5.41) is 6.89. The lowest BCUT2D eigenvalue weighted by Gasteiger charge is -1.81. The van der Waals surface area contributed by atoms with Gasteiger partial charge in [0.15, 0.2) is 0 Å². The molecular weight excluding hydrogens is 122 g/mol. The fourth-order valence-corrected chi connectivity index (χ4v) is 0.246. The quantitative estimate of drug-likeness (QED) is 0.519. The highest BCUT2D eigenvalue weighted by Gasteiger charge is 1.84. The smallest absolute Gasteiger partial charge is 0.290 e. The van der Waals surface area contributed by atoms with Crippen LogP contribution in [0.25, 0.3) is 0 Å². The van der Waals surface area contributed by atoms with Crippen molar-refractivity contribution >= 4 is 12.4 Å². The van der Waals surface area contributed by atoms with Crippen LogP contribution in [0.15, 0.2) is 0 Å². The van der Waals surface area contributed by atoms with E-state index in [-0.39, 0.29) is 12.4 Å². The van der Waals surface area contributed by atoms with Gasteiger partial charge in [0.25, 0.3) is 6.47 Å². The topological polar surface area (TPSA) is 80.4 Å². The van der Waals surface area contributed by atoms with Crippen LogP contribution in [0.4, 0.5) is 0 Å². The van der Waals surface area contributed by atoms with Gasteiger partial charge in [0, 0.05) is 6.42 Å². The van der Waals surface area contributed by atoms with Crippen molar-refractivity contribution in [2.45, 2.75) is 19.8 Å². The molecule has 0 atom stereocenters. The van der Waals surface area contributed by atoms with Crippen molar-refractivity contribution < 1.29 is 14.7 Å². The Hall–Kier alpha value is -1.06. The normalized spacial score (nSPS) is 6.78. The molecule has 0 aromatic rings. The van der Waals surface area contributed by atoms with Crippen LogP contribution in [-0.4, -0.2) is 17.5 Å². The zero-order chi connectivity index (χ0) is 7.70. The number of nitrogens with two attached hydrogens (primary N) is 1. The number of carbonyl (C=O) groups excluding carboxylic acids is 1. The van der Waals surface area contributed by atoms with Crippen LogP contribution in [0.3, 0.4) is 0 Å². The molecule has 1 amide bonds. The number of carboxylic acid groups (broad SMARTS) is 1. The summed E-state index contributed by atoms with van der Waals surface area (Å²) in [6.45, 7) is 1.67. The molecule has 0 heterocycles. The Morgan fingerprint density at radius 3 is 2.11 bits per heavy atom. The summed E-state index contributed by atoms with van der Waals surface area (Å²) in [6, 6.07) is 0. The van der Waals surface area contributed by atoms with E-state index in [2.05, 4.69) is 0 Å². The Kier molecular flexibility index (Phi) is 12.1. The third kappa shape index (κ3) is 45.0. The molecule has 4 heteroatoms. The third-order valence-electron chi connectivity index (χ3n) is 0.496. The molecule has 0 spiro atoms. The molecule has 0 aliphatic rings. The van der Waals surface area contributed by atoms with Gasteiger partial charge < -0.3 is 10.8 Å². The molecule has 0 aromatic carbocycles. The maximum Gasteiger partial charge on any atom is 0.290 e. The number of hydrogen-bond donors (Lipinski definition) is 2. The van der Waals surface area contributed by atoms with E-state index >= 15 is 0 Å². The maximum atomic E-state index is 9.82. The Morgan fingerprint density at radius 1 is 1.78 bits per heavy atom. The molecule has 0 saturated heterocycles. The van der Waals surface area contributed by atoms with Crippen molar-refractivity contribution in [2.75, 3.05) is 0 Å². The molecule has 4 nitrogen and oxygen atoms in total. The monoisotopic (exact) mass is 133 g/mol. The van der Waals surface area contributed by atoms with E-state index in [0.29, 0.717) is 6.42 Å². The third-order valence-corrected chi connectivity index (χ3v) is 0.496. The summed E-state index contributed by atoms with van der Waals surface area (Å²) in [4.78, 5) is 18.2. The molecule has 0 fully saturated rings. The van der Waals surface area contributed by atoms with Crippen LogP contribution in [0.5, 0.6) is 0 Å². The van der Waals surface area contributed by atoms with Gasteiger partial charge in [-0.3, -0.25) is 9.59 Å². The maximum absolute atomic E-state index is 9.82. The van der Waals surface area contributed by atoms with Crippen LogP contribution < -0.4 is 5.73 Å². The fraction of sp³-hybridized carbons (Fsp3) is 0.600. The summed E-state index contributed by atoms with van der Waals surface area (Å²) in [5.41, 5.74) is 4.76. The highest BCUT2D eigenvalue weighted by molar-refractivity contribution is 5.73. The van der Waals surface area contributed by atoms with Crippen LogP contribution in [-0.2, 0) is 9.59 Å². The van der Waals surface area contributed by atoms with Gasteiger partial charge in [0.1, 0.15) is 0 Å². The summed E-state index contributed by atoms with van der Waals surface area (Å²) in [6.07, 6.45) is 1.37. The van der Waals surface area contributed by atoms with Crippen molar-refractivity contribution in [1.29, 1.82) is 0 Å². The first kappa shape index (κ1) is 10.8. The standard InChI is InChI=1S/C4H9NO.CH2O2/c1-2-3-4(5)6;2-1-3/h2-3H2,1H3,(H2,5,6);1H,(H,2,3). The van der Waals surface area contributed by atoms with Crippen LogP contribution >= 0.6 is 0 Å². The summed E-state index contributed by atoms with van der Waals surface area (Å²) in [5.74, 6) is -0.211. The van der Waals surface area contributed by atoms with Crippen molar-refractivity contribution in [2.24, 2.45) is 5.73 Å². The van der Waals surface area contributed by atoms with Crippen molar-refractivity contribution in [3.05, 3.63) is 0 Å². The first-order valence-electron chi connectivity index (χ1n) is 2.55. The summed E-state index contributed by atoms with van der Waals surface area (Å²) >= 11 is 0. The van der Waals surface area contributed by atoms with Crippen molar-refractivity contribution in [1.82, 2.24) is 0 Å². The van der Waals surface area contributed by atoms with Crippen molar-refractivity contribution in [3.63, 3.8) is 0 Å². The summed E-state index contributed by atoms with van der Waals surface area (Å²) < 4.78 is 0. The zero-order valence-electron chi connectivity index (χ0n) is 5.33. The number of rotatable bonds is 2. The van der Waals surface area contributed by atoms with Gasteiger partial charge in [-0.1, -0.05) is 6.92 Å². The van der Waals surface area contributed by atoms with E-state index in [1.54, 1.807) is 0 Å². The highest BCUT2D eigenvalue weighted by Crippen LogP contribution is 1.79. The summed E-state index contributed by atoms with van der Waals surface area (Å²) in [7, 11) is 0. The minimum Gasteiger partial charge on any atom is -0.483 e. The molecule has 0 radical (unpaired) electrons. The number of amides is 1. The molecule has 0 aliphatic carbocycles. The molecule has 3 N–H and O–H groups in total. The SMILES string of the molecule is CCCC(N)=O.O=CO. The van der Waals surface area contributed by atoms with E-state index < -0.39 is 0 Å². The minimum absolute atomic E-state index is 0.211. The van der Waals surface area contributed by atoms with Gasteiger partial charge in [-0.05, 0) is 6.42 Å². The largest absolute Gasteiger partial charge is 0.483 e. The van der Waals surface area contributed by atoms with E-state index in [9.17, 15) is 4.79 Å². The van der Waals surface area contributed by atoms with Gasteiger partial charge in [-0.25, -0.2) is 0 Å². The number of primary amides is 1. The molecule has 0 unspecified atom stereocenters. The van der Waals surface area contributed by atoms with Gasteiger partial charge >= 0.3 is 0 Å². The van der Waals surface area contributed by atoms with E-state index in [4.69, 9.17) is 15.6 Å². The van der Waals surface area contributed by atoms with Crippen LogP contribution in [0, 0.1) is 0 Å². The second kappa shape index (κ2) is 10.0. The molecule has 0 saturated carbocycles. The minimum atomic E-state index is -0.250. The first-order chi connectivity index (χ1) is 4.18. The van der Waals surface area contributed by atoms with E-state index in [1.165, 1.54) is 0 Å². The molecule has 9 heavy (non-hydrogen) atoms. The second-order valence-corrected chi connectivity index (χ2v) is 1.32. The molecule has 0 rings (SSSR count). The number of carbonyl (C=O) groups is 2. The molecule has 0 aliphatic heterocycles. The van der Waals surface area contributed by atoms with E-state index in [1.807, 2.05) is 6.92 Å². The average Bonchev–Trinajstić information content (AvgIpc) is 1.67. The van der Waals surface area contributed by atoms with Gasteiger partial charge in [0.05, 0.1) is 0 Å². The van der Waals surface area contributed by atoms with Crippen LogP contribution in [0.1, 0.15) is 19.8 Å². The van der Waals surface area contributed by atoms with Gasteiger partial charge in [0.2, 0.25) is 5.91 Å². The highest BCUT2D eigenvalue weighted by atomic mass is 16.3. The van der Waals surface area contributed by atoms with Gasteiger partial charge in [-0.15, -0.1) is 0 Å². The molecule has 0 aromatic heterocycles. The second-order valence-electron chi connectivity index (χ2n) is 1.32.